The molecule has 9 heteroatoms. The van der Waals surface area contributed by atoms with Gasteiger partial charge in [-0.25, -0.2) is 0 Å². The van der Waals surface area contributed by atoms with Gasteiger partial charge in [-0.1, -0.05) is 41.1 Å². The Bertz CT molecular complexity index is 896. The number of halogens is 1. The molecular weight excluding hydrogens is 494 g/mol. The number of hydrogen-bond acceptors (Lipinski definition) is 5. The third kappa shape index (κ3) is 3.66. The van der Waals surface area contributed by atoms with Gasteiger partial charge in [0.05, 0.1) is 29.2 Å². The summed E-state index contributed by atoms with van der Waals surface area (Å²) in [5.74, 6) is -1.75. The second kappa shape index (κ2) is 8.99. The Kier molecular flexibility index (Phi) is 6.62. The summed E-state index contributed by atoms with van der Waals surface area (Å²) in [5.41, 5.74) is 0.684. The van der Waals surface area contributed by atoms with Crippen molar-refractivity contribution in [1.29, 1.82) is 0 Å². The highest BCUT2D eigenvalue weighted by Gasteiger charge is 2.76. The lowest BCUT2D eigenvalue weighted by Crippen LogP contribution is -2.57. The van der Waals surface area contributed by atoms with Gasteiger partial charge >= 0.3 is 0 Å². The van der Waals surface area contributed by atoms with Gasteiger partial charge < -0.3 is 20.6 Å². The summed E-state index contributed by atoms with van der Waals surface area (Å²) in [6.45, 7) is 5.46. The van der Waals surface area contributed by atoms with Crippen molar-refractivity contribution in [2.75, 3.05) is 11.9 Å². The van der Waals surface area contributed by atoms with Crippen LogP contribution in [0.4, 0.5) is 5.69 Å². The number of carbonyl (C=O) groups excluding carboxylic acids is 3. The molecule has 2 bridgehead atoms. The van der Waals surface area contributed by atoms with E-state index in [0.717, 1.165) is 0 Å². The van der Waals surface area contributed by atoms with Gasteiger partial charge in [0.1, 0.15) is 6.04 Å². The number of anilines is 1. The Labute approximate surface area is 201 Å². The molecule has 7 nitrogen and oxygen atoms in total. The highest BCUT2D eigenvalue weighted by Crippen LogP contribution is 2.68. The third-order valence-corrected chi connectivity index (χ3v) is 10.0. The molecule has 1 spiro atoms. The number of hydrogen-bond donors (Lipinski definition) is 3. The Hall–Kier alpha value is -1.58. The van der Waals surface area contributed by atoms with Crippen LogP contribution >= 0.6 is 27.7 Å². The first-order valence-corrected chi connectivity index (χ1v) is 13.0. The number of para-hydroxylation sites is 1. The Morgan fingerprint density at radius 3 is 2.56 bits per heavy atom. The van der Waals surface area contributed by atoms with Crippen LogP contribution in [0.5, 0.6) is 0 Å². The minimum Gasteiger partial charge on any atom is -0.394 e. The molecule has 3 heterocycles. The standard InChI is InChI=1S/C23H30BrN3O4S/c1-4-14(11-28)27-19(21(30)25-12(2)3)23-10-15(24)18(32-23)16(17(23)22(27)31)20(29)26-13-8-6-5-7-9-13/h5-9,12,14-19,28H,4,10-11H2,1-3H3,(H,25,30)(H,26,29)/t14-,15?,16+,17-,18+,19?,23?/m0/s1. The Morgan fingerprint density at radius 2 is 1.97 bits per heavy atom. The molecule has 3 unspecified atom stereocenters. The van der Waals surface area contributed by atoms with Crippen molar-refractivity contribution in [3.63, 3.8) is 0 Å². The molecule has 3 aliphatic rings. The van der Waals surface area contributed by atoms with E-state index in [2.05, 4.69) is 26.6 Å². The molecular formula is C23H30BrN3O4S. The molecule has 1 aromatic carbocycles. The number of thioether (sulfide) groups is 1. The Morgan fingerprint density at radius 1 is 1.28 bits per heavy atom. The van der Waals surface area contributed by atoms with E-state index in [1.165, 1.54) is 0 Å². The minimum atomic E-state index is -0.718. The quantitative estimate of drug-likeness (QED) is 0.476. The van der Waals surface area contributed by atoms with Crippen molar-refractivity contribution in [2.24, 2.45) is 11.8 Å². The largest absolute Gasteiger partial charge is 0.394 e. The van der Waals surface area contributed by atoms with Crippen molar-refractivity contribution in [3.8, 4) is 0 Å². The Balaban J connectivity index is 1.74. The van der Waals surface area contributed by atoms with Crippen LogP contribution in [-0.4, -0.2) is 67.3 Å². The molecule has 1 aromatic rings. The normalized spacial score (nSPS) is 34.0. The van der Waals surface area contributed by atoms with Gasteiger partial charge in [0.25, 0.3) is 0 Å². The van der Waals surface area contributed by atoms with Gasteiger partial charge in [-0.3, -0.25) is 14.4 Å². The van der Waals surface area contributed by atoms with Crippen molar-refractivity contribution >= 4 is 51.1 Å². The van der Waals surface area contributed by atoms with E-state index in [1.807, 2.05) is 51.1 Å². The maximum absolute atomic E-state index is 13.8. The molecule has 0 aliphatic carbocycles. The van der Waals surface area contributed by atoms with E-state index in [4.69, 9.17) is 0 Å². The van der Waals surface area contributed by atoms with E-state index in [0.29, 0.717) is 18.5 Å². The summed E-state index contributed by atoms with van der Waals surface area (Å²) in [4.78, 5) is 42.3. The van der Waals surface area contributed by atoms with E-state index in [9.17, 15) is 19.5 Å². The van der Waals surface area contributed by atoms with Crippen LogP contribution < -0.4 is 10.6 Å². The van der Waals surface area contributed by atoms with E-state index in [-0.39, 0.29) is 40.4 Å². The lowest BCUT2D eigenvalue weighted by Gasteiger charge is -2.37. The molecule has 4 rings (SSSR count). The van der Waals surface area contributed by atoms with Gasteiger partial charge in [-0.05, 0) is 38.8 Å². The van der Waals surface area contributed by atoms with Gasteiger partial charge in [-0.2, -0.15) is 0 Å². The molecule has 3 saturated heterocycles. The van der Waals surface area contributed by atoms with Crippen molar-refractivity contribution < 1.29 is 19.5 Å². The number of amides is 3. The van der Waals surface area contributed by atoms with Gasteiger partial charge in [0.2, 0.25) is 17.7 Å². The topological polar surface area (TPSA) is 98.7 Å². The lowest BCUT2D eigenvalue weighted by molar-refractivity contribution is -0.142. The zero-order valence-electron chi connectivity index (χ0n) is 18.5. The third-order valence-electron chi connectivity index (χ3n) is 6.83. The molecule has 7 atom stereocenters. The number of aliphatic hydroxyl groups is 1. The van der Waals surface area contributed by atoms with Crippen LogP contribution in [0, 0.1) is 11.8 Å². The second-order valence-corrected chi connectivity index (χ2v) is 11.9. The summed E-state index contributed by atoms with van der Waals surface area (Å²) in [6, 6.07) is 7.96. The number of aliphatic hydroxyl groups excluding tert-OH is 1. The number of nitrogens with zero attached hydrogens (tertiary/aromatic N) is 1. The average molecular weight is 524 g/mol. The number of likely N-dealkylation sites (tertiary alicyclic amines) is 1. The minimum absolute atomic E-state index is 0.0200. The molecule has 0 aromatic heterocycles. The number of nitrogens with one attached hydrogen (secondary N) is 2. The number of rotatable bonds is 7. The summed E-state index contributed by atoms with van der Waals surface area (Å²) in [5, 5.41) is 15.9. The first-order valence-electron chi connectivity index (χ1n) is 11.2. The summed E-state index contributed by atoms with van der Waals surface area (Å²) < 4.78 is -0.698. The molecule has 174 valence electrons. The molecule has 3 amide bonds. The highest BCUT2D eigenvalue weighted by atomic mass is 79.9. The maximum atomic E-state index is 13.8. The summed E-state index contributed by atoms with van der Waals surface area (Å²) in [6.07, 6.45) is 1.16. The average Bonchev–Trinajstić information content (AvgIpc) is 3.33. The molecule has 3 N–H and O–H groups in total. The smallest absolute Gasteiger partial charge is 0.244 e. The van der Waals surface area contributed by atoms with Crippen LogP contribution in [0.25, 0.3) is 0 Å². The predicted octanol–water partition coefficient (Wildman–Crippen LogP) is 2.39. The highest BCUT2D eigenvalue weighted by molar-refractivity contribution is 9.09. The maximum Gasteiger partial charge on any atom is 0.244 e. The van der Waals surface area contributed by atoms with E-state index < -0.39 is 28.7 Å². The molecule has 3 aliphatic heterocycles. The lowest BCUT2D eigenvalue weighted by atomic mass is 9.70. The fourth-order valence-electron chi connectivity index (χ4n) is 5.58. The number of alkyl halides is 1. The molecule has 32 heavy (non-hydrogen) atoms. The van der Waals surface area contributed by atoms with E-state index >= 15 is 0 Å². The molecule has 3 fully saturated rings. The van der Waals surface area contributed by atoms with Crippen LogP contribution in [-0.2, 0) is 14.4 Å². The number of carbonyl (C=O) groups is 3. The van der Waals surface area contributed by atoms with E-state index in [1.54, 1.807) is 16.7 Å². The first-order chi connectivity index (χ1) is 15.2. The monoisotopic (exact) mass is 523 g/mol. The van der Waals surface area contributed by atoms with Crippen molar-refractivity contribution in [1.82, 2.24) is 10.2 Å². The van der Waals surface area contributed by atoms with Crippen molar-refractivity contribution in [2.45, 2.75) is 66.6 Å². The van der Waals surface area contributed by atoms with Gasteiger partial charge in [0, 0.05) is 21.8 Å². The summed E-state index contributed by atoms with van der Waals surface area (Å²) >= 11 is 5.35. The first kappa shape index (κ1) is 23.6. The van der Waals surface area contributed by atoms with Crippen LogP contribution in [0.1, 0.15) is 33.6 Å². The molecule has 0 saturated carbocycles. The van der Waals surface area contributed by atoms with Gasteiger partial charge in [-0.15, -0.1) is 11.8 Å². The van der Waals surface area contributed by atoms with Gasteiger partial charge in [0.15, 0.2) is 0 Å². The predicted molar refractivity (Wildman–Crippen MR) is 129 cm³/mol. The zero-order valence-corrected chi connectivity index (χ0v) is 20.9. The SMILES string of the molecule is CC[C@@H](CO)N1C(=O)[C@@H]2[C@@H](C(=O)Nc3ccccc3)[C@@H]3SC2(CC3Br)C1C(=O)NC(C)C. The fourth-order valence-corrected chi connectivity index (χ4v) is 9.18. The number of benzene rings is 1. The summed E-state index contributed by atoms with van der Waals surface area (Å²) in [7, 11) is 0. The number of fused-ring (bicyclic) bond motifs is 1. The fraction of sp³-hybridized carbons (Fsp3) is 0.609. The zero-order chi connectivity index (χ0) is 23.2. The van der Waals surface area contributed by atoms with Crippen LogP contribution in [0.2, 0.25) is 0 Å². The molecule has 0 radical (unpaired) electrons. The second-order valence-electron chi connectivity index (χ2n) is 9.17. The van der Waals surface area contributed by atoms with Crippen LogP contribution in [0.3, 0.4) is 0 Å². The van der Waals surface area contributed by atoms with Crippen LogP contribution in [0.15, 0.2) is 30.3 Å². The van der Waals surface area contributed by atoms with Crippen molar-refractivity contribution in [3.05, 3.63) is 30.3 Å².